The van der Waals surface area contributed by atoms with Crippen LogP contribution < -0.4 is 5.32 Å². The molecular weight excluding hydrogens is 322 g/mol. The Bertz CT molecular complexity index is 614. The Morgan fingerprint density at radius 2 is 1.56 bits per heavy atom. The summed E-state index contributed by atoms with van der Waals surface area (Å²) in [4.78, 5) is 36.2. The predicted octanol–water partition coefficient (Wildman–Crippen LogP) is 3.60. The van der Waals surface area contributed by atoms with E-state index in [1.807, 2.05) is 13.8 Å². The molecule has 1 atom stereocenters. The fourth-order valence-electron chi connectivity index (χ4n) is 2.24. The number of methoxy groups -OCH3 is 1. The van der Waals surface area contributed by atoms with Gasteiger partial charge in [0.25, 0.3) is 0 Å². The molecule has 1 rings (SSSR count). The van der Waals surface area contributed by atoms with Crippen molar-refractivity contribution < 1.29 is 23.9 Å². The summed E-state index contributed by atoms with van der Waals surface area (Å²) in [6.07, 6.45) is -0.144. The van der Waals surface area contributed by atoms with Crippen molar-refractivity contribution in [2.24, 2.45) is 5.92 Å². The van der Waals surface area contributed by atoms with Crippen LogP contribution in [0.15, 0.2) is 24.3 Å². The monoisotopic (exact) mass is 349 g/mol. The van der Waals surface area contributed by atoms with Gasteiger partial charge in [-0.05, 0) is 45.2 Å². The van der Waals surface area contributed by atoms with Crippen molar-refractivity contribution in [3.05, 3.63) is 35.4 Å². The van der Waals surface area contributed by atoms with Crippen LogP contribution in [-0.2, 0) is 9.47 Å². The zero-order valence-electron chi connectivity index (χ0n) is 15.7. The number of hydrogen-bond donors (Lipinski definition) is 1. The van der Waals surface area contributed by atoms with Crippen molar-refractivity contribution in [2.75, 3.05) is 7.11 Å². The SMILES string of the molecule is COC(=O)c1ccc(C(=O)C(CC(C)C)NC(=O)OC(C)(C)C)cc1. The van der Waals surface area contributed by atoms with E-state index < -0.39 is 23.7 Å². The first kappa shape index (κ1) is 20.7. The minimum absolute atomic E-state index is 0.207. The van der Waals surface area contributed by atoms with E-state index in [2.05, 4.69) is 10.1 Å². The van der Waals surface area contributed by atoms with Crippen LogP contribution in [0.3, 0.4) is 0 Å². The van der Waals surface area contributed by atoms with Gasteiger partial charge in [-0.25, -0.2) is 9.59 Å². The molecule has 0 heterocycles. The highest BCUT2D eigenvalue weighted by molar-refractivity contribution is 6.02. The summed E-state index contributed by atoms with van der Waals surface area (Å²) < 4.78 is 9.88. The Kier molecular flexibility index (Phi) is 7.15. The summed E-state index contributed by atoms with van der Waals surface area (Å²) in [5, 5.41) is 2.65. The van der Waals surface area contributed by atoms with E-state index in [0.29, 0.717) is 17.5 Å². The quantitative estimate of drug-likeness (QED) is 0.627. The first-order valence-corrected chi connectivity index (χ1v) is 8.25. The number of ether oxygens (including phenoxy) is 2. The zero-order valence-corrected chi connectivity index (χ0v) is 15.7. The molecule has 0 spiro atoms. The molecule has 1 unspecified atom stereocenters. The maximum atomic E-state index is 12.7. The highest BCUT2D eigenvalue weighted by atomic mass is 16.6. The number of esters is 1. The third-order valence-electron chi connectivity index (χ3n) is 3.31. The molecule has 0 aliphatic heterocycles. The number of carbonyl (C=O) groups is 3. The van der Waals surface area contributed by atoms with Crippen LogP contribution in [0.1, 0.15) is 61.8 Å². The van der Waals surface area contributed by atoms with Gasteiger partial charge < -0.3 is 14.8 Å². The third-order valence-corrected chi connectivity index (χ3v) is 3.31. The fourth-order valence-corrected chi connectivity index (χ4v) is 2.24. The topological polar surface area (TPSA) is 81.7 Å². The lowest BCUT2D eigenvalue weighted by molar-refractivity contribution is 0.0484. The first-order valence-electron chi connectivity index (χ1n) is 8.25. The number of nitrogens with one attached hydrogen (secondary N) is 1. The van der Waals surface area contributed by atoms with E-state index in [9.17, 15) is 14.4 Å². The second kappa shape index (κ2) is 8.65. The molecule has 0 aliphatic carbocycles. The minimum atomic E-state index is -0.696. The van der Waals surface area contributed by atoms with Gasteiger partial charge in [0.1, 0.15) is 5.60 Å². The number of hydrogen-bond acceptors (Lipinski definition) is 5. The predicted molar refractivity (Wildman–Crippen MR) is 94.7 cm³/mol. The molecule has 1 aromatic rings. The Labute approximate surface area is 148 Å². The maximum Gasteiger partial charge on any atom is 0.408 e. The summed E-state index contributed by atoms with van der Waals surface area (Å²) in [6, 6.07) is 5.47. The summed E-state index contributed by atoms with van der Waals surface area (Å²) in [5.41, 5.74) is 0.131. The van der Waals surface area contributed by atoms with Crippen molar-refractivity contribution in [3.63, 3.8) is 0 Å². The van der Waals surface area contributed by atoms with Crippen LogP contribution in [0.4, 0.5) is 4.79 Å². The summed E-state index contributed by atoms with van der Waals surface area (Å²) in [6.45, 7) is 9.22. The number of benzene rings is 1. The van der Waals surface area contributed by atoms with Crippen molar-refractivity contribution in [3.8, 4) is 0 Å². The van der Waals surface area contributed by atoms with Crippen LogP contribution in [0.5, 0.6) is 0 Å². The van der Waals surface area contributed by atoms with Crippen LogP contribution in [0.25, 0.3) is 0 Å². The van der Waals surface area contributed by atoms with Crippen molar-refractivity contribution in [1.29, 1.82) is 0 Å². The van der Waals surface area contributed by atoms with Gasteiger partial charge in [-0.3, -0.25) is 4.79 Å². The van der Waals surface area contributed by atoms with Crippen LogP contribution in [0, 0.1) is 5.92 Å². The number of carbonyl (C=O) groups excluding carboxylic acids is 3. The van der Waals surface area contributed by atoms with Crippen LogP contribution in [0.2, 0.25) is 0 Å². The van der Waals surface area contributed by atoms with Gasteiger partial charge in [0.15, 0.2) is 5.78 Å². The van der Waals surface area contributed by atoms with Gasteiger partial charge in [0.2, 0.25) is 0 Å². The molecule has 0 saturated heterocycles. The van der Waals surface area contributed by atoms with E-state index >= 15 is 0 Å². The van der Waals surface area contributed by atoms with Gasteiger partial charge in [0, 0.05) is 5.56 Å². The molecule has 25 heavy (non-hydrogen) atoms. The van der Waals surface area contributed by atoms with Gasteiger partial charge in [-0.15, -0.1) is 0 Å². The van der Waals surface area contributed by atoms with E-state index in [1.54, 1.807) is 32.9 Å². The molecule has 0 aromatic heterocycles. The molecule has 138 valence electrons. The zero-order chi connectivity index (χ0) is 19.2. The van der Waals surface area contributed by atoms with E-state index in [0.717, 1.165) is 0 Å². The van der Waals surface area contributed by atoms with Crippen molar-refractivity contribution >= 4 is 17.8 Å². The highest BCUT2D eigenvalue weighted by Crippen LogP contribution is 2.14. The van der Waals surface area contributed by atoms with Crippen LogP contribution in [-0.4, -0.2) is 36.6 Å². The average Bonchev–Trinajstić information content (AvgIpc) is 2.50. The molecule has 0 bridgehead atoms. The second-order valence-corrected chi connectivity index (χ2v) is 7.26. The Hall–Kier alpha value is -2.37. The maximum absolute atomic E-state index is 12.7. The Balaban J connectivity index is 2.92. The van der Waals surface area contributed by atoms with Gasteiger partial charge in [0.05, 0.1) is 18.7 Å². The number of amides is 1. The molecule has 0 fully saturated rings. The first-order chi connectivity index (χ1) is 11.5. The summed E-state index contributed by atoms with van der Waals surface area (Å²) in [5.74, 6) is -0.487. The van der Waals surface area contributed by atoms with Gasteiger partial charge in [-0.2, -0.15) is 0 Å². The van der Waals surface area contributed by atoms with E-state index in [4.69, 9.17) is 4.74 Å². The second-order valence-electron chi connectivity index (χ2n) is 7.26. The molecule has 6 heteroatoms. The lowest BCUT2D eigenvalue weighted by Crippen LogP contribution is -2.44. The molecule has 0 radical (unpaired) electrons. The molecule has 1 aromatic carbocycles. The third kappa shape index (κ3) is 6.95. The summed E-state index contributed by atoms with van der Waals surface area (Å²) in [7, 11) is 1.30. The summed E-state index contributed by atoms with van der Waals surface area (Å²) >= 11 is 0. The highest BCUT2D eigenvalue weighted by Gasteiger charge is 2.26. The lowest BCUT2D eigenvalue weighted by atomic mass is 9.95. The minimum Gasteiger partial charge on any atom is -0.465 e. The Morgan fingerprint density at radius 3 is 2.00 bits per heavy atom. The smallest absolute Gasteiger partial charge is 0.408 e. The van der Waals surface area contributed by atoms with Gasteiger partial charge >= 0.3 is 12.1 Å². The molecule has 0 saturated carbocycles. The van der Waals surface area contributed by atoms with Crippen molar-refractivity contribution in [1.82, 2.24) is 5.32 Å². The number of ketones is 1. The fraction of sp³-hybridized carbons (Fsp3) is 0.526. The van der Waals surface area contributed by atoms with Gasteiger partial charge in [-0.1, -0.05) is 26.0 Å². The molecule has 0 aliphatic rings. The number of alkyl carbamates (subject to hydrolysis) is 1. The Morgan fingerprint density at radius 1 is 1.04 bits per heavy atom. The molecule has 1 N–H and O–H groups in total. The molecular formula is C19H27NO5. The standard InChI is InChI=1S/C19H27NO5/c1-12(2)11-15(20-18(23)25-19(3,4)5)16(21)13-7-9-14(10-8-13)17(22)24-6/h7-10,12,15H,11H2,1-6H3,(H,20,23). The van der Waals surface area contributed by atoms with E-state index in [1.165, 1.54) is 19.2 Å². The normalized spacial score (nSPS) is 12.4. The number of rotatable bonds is 6. The molecule has 1 amide bonds. The average molecular weight is 349 g/mol. The molecule has 6 nitrogen and oxygen atoms in total. The lowest BCUT2D eigenvalue weighted by Gasteiger charge is -2.24. The number of Topliss-reactive ketones (excluding diaryl/α,β-unsaturated/α-hetero) is 1. The van der Waals surface area contributed by atoms with Crippen LogP contribution >= 0.6 is 0 Å². The van der Waals surface area contributed by atoms with E-state index in [-0.39, 0.29) is 11.7 Å². The largest absolute Gasteiger partial charge is 0.465 e. The van der Waals surface area contributed by atoms with Crippen molar-refractivity contribution in [2.45, 2.75) is 52.7 Å².